The number of urea groups is 1. The Morgan fingerprint density at radius 2 is 1.72 bits per heavy atom. The Balaban J connectivity index is 1.41. The van der Waals surface area contributed by atoms with E-state index in [1.54, 1.807) is 28.0 Å². The van der Waals surface area contributed by atoms with E-state index in [4.69, 9.17) is 0 Å². The summed E-state index contributed by atoms with van der Waals surface area (Å²) in [7, 11) is 0. The smallest absolute Gasteiger partial charge is 0.336 e. The number of carbonyl (C=O) groups is 1. The fraction of sp³-hybridized carbons (Fsp3) is 0.222. The van der Waals surface area contributed by atoms with Gasteiger partial charge in [0.15, 0.2) is 0 Å². The highest BCUT2D eigenvalue weighted by Gasteiger charge is 2.23. The maximum Gasteiger partial charge on any atom is 0.336 e. The topological polar surface area (TPSA) is 53.4 Å². The van der Waals surface area contributed by atoms with Crippen molar-refractivity contribution >= 4 is 22.8 Å². The number of para-hydroxylation sites is 3. The summed E-state index contributed by atoms with van der Waals surface area (Å²) < 4.78 is 15.5. The second-order valence-corrected chi connectivity index (χ2v) is 5.95. The molecule has 1 N–H and O–H groups in total. The number of nitrogens with one attached hydrogen (secondary N) is 1. The summed E-state index contributed by atoms with van der Waals surface area (Å²) in [6.07, 6.45) is 1.60. The van der Waals surface area contributed by atoms with E-state index in [1.807, 2.05) is 35.2 Å². The highest BCUT2D eigenvalue weighted by molar-refractivity contribution is 5.85. The fourth-order valence-corrected chi connectivity index (χ4v) is 3.08. The summed E-state index contributed by atoms with van der Waals surface area (Å²) in [5.41, 5.74) is 5.11. The van der Waals surface area contributed by atoms with Crippen LogP contribution in [0.4, 0.5) is 14.9 Å². The highest BCUT2D eigenvalue weighted by atomic mass is 19.1. The second-order valence-electron chi connectivity index (χ2n) is 5.95. The van der Waals surface area contributed by atoms with Gasteiger partial charge in [0.2, 0.25) is 0 Å². The first kappa shape index (κ1) is 15.4. The summed E-state index contributed by atoms with van der Waals surface area (Å²) in [5.74, 6) is -0.231. The van der Waals surface area contributed by atoms with E-state index in [1.165, 1.54) is 6.07 Å². The number of nitrogens with zero attached hydrogens (tertiary/aromatic N) is 4. The minimum atomic E-state index is -0.231. The number of piperazine rings is 1. The van der Waals surface area contributed by atoms with Gasteiger partial charge in [-0.05, 0) is 24.3 Å². The lowest BCUT2D eigenvalue weighted by atomic mass is 10.2. The van der Waals surface area contributed by atoms with Crippen LogP contribution < -0.4 is 10.3 Å². The fourth-order valence-electron chi connectivity index (χ4n) is 3.08. The zero-order valence-electron chi connectivity index (χ0n) is 13.6. The molecule has 4 rings (SSSR count). The van der Waals surface area contributed by atoms with E-state index in [9.17, 15) is 9.18 Å². The minimum absolute atomic E-state index is 0.184. The Kier molecular flexibility index (Phi) is 3.97. The predicted molar refractivity (Wildman–Crippen MR) is 94.7 cm³/mol. The normalized spacial score (nSPS) is 14.8. The number of carbonyl (C=O) groups excluding carboxylic acids is 1. The van der Waals surface area contributed by atoms with Crippen LogP contribution in [0.15, 0.2) is 54.9 Å². The van der Waals surface area contributed by atoms with Crippen molar-refractivity contribution in [1.29, 1.82) is 0 Å². The van der Waals surface area contributed by atoms with Crippen LogP contribution in [0.1, 0.15) is 0 Å². The number of hydrogen-bond acceptors (Lipinski definition) is 3. The molecule has 2 heterocycles. The van der Waals surface area contributed by atoms with Crippen molar-refractivity contribution < 1.29 is 9.18 Å². The number of amides is 2. The number of rotatable bonds is 2. The predicted octanol–water partition coefficient (Wildman–Crippen LogP) is 2.66. The number of aromatic nitrogens is 2. The maximum absolute atomic E-state index is 13.9. The molecule has 3 aromatic rings. The van der Waals surface area contributed by atoms with Crippen LogP contribution in [0, 0.1) is 5.82 Å². The van der Waals surface area contributed by atoms with Gasteiger partial charge in [-0.1, -0.05) is 24.3 Å². The lowest BCUT2D eigenvalue weighted by molar-refractivity contribution is 0.205. The number of halogens is 1. The first-order valence-corrected chi connectivity index (χ1v) is 8.20. The molecule has 0 bridgehead atoms. The lowest BCUT2D eigenvalue weighted by Gasteiger charge is -2.36. The van der Waals surface area contributed by atoms with Gasteiger partial charge in [-0.25, -0.2) is 24.3 Å². The van der Waals surface area contributed by atoms with Crippen LogP contribution in [-0.4, -0.2) is 46.8 Å². The van der Waals surface area contributed by atoms with Crippen LogP contribution in [0.2, 0.25) is 0 Å². The van der Waals surface area contributed by atoms with Gasteiger partial charge >= 0.3 is 6.03 Å². The van der Waals surface area contributed by atoms with E-state index >= 15 is 0 Å². The van der Waals surface area contributed by atoms with Crippen molar-refractivity contribution in [3.05, 3.63) is 60.7 Å². The summed E-state index contributed by atoms with van der Waals surface area (Å²) in [6, 6.07) is 14.1. The van der Waals surface area contributed by atoms with E-state index < -0.39 is 0 Å². The molecule has 6 nitrogen and oxygen atoms in total. The first-order valence-electron chi connectivity index (χ1n) is 8.20. The van der Waals surface area contributed by atoms with Crippen LogP contribution >= 0.6 is 0 Å². The number of imidazole rings is 1. The van der Waals surface area contributed by atoms with Crippen molar-refractivity contribution in [2.24, 2.45) is 0 Å². The third-order valence-corrected chi connectivity index (χ3v) is 4.43. The van der Waals surface area contributed by atoms with Gasteiger partial charge in [0, 0.05) is 26.2 Å². The average Bonchev–Trinajstić information content (AvgIpc) is 3.05. The van der Waals surface area contributed by atoms with Gasteiger partial charge in [-0.2, -0.15) is 0 Å². The van der Waals surface area contributed by atoms with Crippen molar-refractivity contribution in [1.82, 2.24) is 14.6 Å². The van der Waals surface area contributed by atoms with Crippen molar-refractivity contribution in [2.45, 2.75) is 0 Å². The molecule has 1 saturated heterocycles. The Hall–Kier alpha value is -3.09. The maximum atomic E-state index is 13.9. The van der Waals surface area contributed by atoms with Gasteiger partial charge in [0.25, 0.3) is 0 Å². The monoisotopic (exact) mass is 339 g/mol. The largest absolute Gasteiger partial charge is 0.366 e. The zero-order chi connectivity index (χ0) is 17.2. The molecule has 0 radical (unpaired) electrons. The van der Waals surface area contributed by atoms with E-state index in [0.717, 1.165) is 11.0 Å². The van der Waals surface area contributed by atoms with Crippen LogP contribution in [0.5, 0.6) is 0 Å². The lowest BCUT2D eigenvalue weighted by Crippen LogP contribution is -2.51. The molecule has 0 atom stereocenters. The second kappa shape index (κ2) is 6.43. The van der Waals surface area contributed by atoms with Crippen molar-refractivity contribution in [3.8, 4) is 0 Å². The van der Waals surface area contributed by atoms with Gasteiger partial charge in [-0.15, -0.1) is 0 Å². The van der Waals surface area contributed by atoms with Gasteiger partial charge < -0.3 is 9.80 Å². The first-order chi connectivity index (χ1) is 12.2. The molecule has 128 valence electrons. The van der Waals surface area contributed by atoms with Crippen LogP contribution in [0.3, 0.4) is 0 Å². The zero-order valence-corrected chi connectivity index (χ0v) is 13.6. The highest BCUT2D eigenvalue weighted by Crippen LogP contribution is 2.20. The molecule has 25 heavy (non-hydrogen) atoms. The summed E-state index contributed by atoms with van der Waals surface area (Å²) in [4.78, 5) is 20.4. The van der Waals surface area contributed by atoms with Gasteiger partial charge in [0.1, 0.15) is 12.1 Å². The number of anilines is 1. The molecule has 2 aromatic carbocycles. The molecule has 0 saturated carbocycles. The molecule has 1 aliphatic heterocycles. The van der Waals surface area contributed by atoms with E-state index in [2.05, 4.69) is 10.4 Å². The molecule has 1 aliphatic rings. The van der Waals surface area contributed by atoms with Gasteiger partial charge in [-0.3, -0.25) is 0 Å². The summed E-state index contributed by atoms with van der Waals surface area (Å²) >= 11 is 0. The Labute approximate surface area is 144 Å². The standard InChI is InChI=1S/C18H18FN5O/c19-14-5-1-3-7-16(14)22-9-11-23(12-10-22)18(25)21-24-13-20-15-6-2-4-8-17(15)24/h1-8,13H,9-12H2,(H,21,25). The molecule has 1 fully saturated rings. The number of fused-ring (bicyclic) bond motifs is 1. The molecule has 1 aromatic heterocycles. The minimum Gasteiger partial charge on any atom is -0.366 e. The third-order valence-electron chi connectivity index (χ3n) is 4.43. The Morgan fingerprint density at radius 3 is 2.52 bits per heavy atom. The molecule has 0 spiro atoms. The quantitative estimate of drug-likeness (QED) is 0.781. The molecule has 7 heteroatoms. The third kappa shape index (κ3) is 3.00. The van der Waals surface area contributed by atoms with Crippen LogP contribution in [-0.2, 0) is 0 Å². The number of benzene rings is 2. The summed E-state index contributed by atoms with van der Waals surface area (Å²) in [6.45, 7) is 2.26. The van der Waals surface area contributed by atoms with Crippen molar-refractivity contribution in [3.63, 3.8) is 0 Å². The van der Waals surface area contributed by atoms with E-state index in [0.29, 0.717) is 31.9 Å². The molecule has 0 unspecified atom stereocenters. The Bertz CT molecular complexity index is 901. The Morgan fingerprint density at radius 1 is 1.00 bits per heavy atom. The molecular weight excluding hydrogens is 321 g/mol. The summed E-state index contributed by atoms with van der Waals surface area (Å²) in [5, 5.41) is 0. The molecule has 0 aliphatic carbocycles. The van der Waals surface area contributed by atoms with Crippen molar-refractivity contribution in [2.75, 3.05) is 36.5 Å². The average molecular weight is 339 g/mol. The van der Waals surface area contributed by atoms with Gasteiger partial charge in [0.05, 0.1) is 16.7 Å². The van der Waals surface area contributed by atoms with Crippen LogP contribution in [0.25, 0.3) is 11.0 Å². The SMILES string of the molecule is O=C(Nn1cnc2ccccc21)N1CCN(c2ccccc2F)CC1. The van der Waals surface area contributed by atoms with E-state index in [-0.39, 0.29) is 11.8 Å². The number of hydrogen-bond donors (Lipinski definition) is 1. The molecular formula is C18H18FN5O. The molecule has 2 amide bonds.